The van der Waals surface area contributed by atoms with E-state index in [0.29, 0.717) is 23.5 Å². The summed E-state index contributed by atoms with van der Waals surface area (Å²) in [5.74, 6) is -0.244. The van der Waals surface area contributed by atoms with Crippen LogP contribution in [0.2, 0.25) is 0 Å². The molecule has 36 heavy (non-hydrogen) atoms. The van der Waals surface area contributed by atoms with Gasteiger partial charge in [-0.1, -0.05) is 76.8 Å². The van der Waals surface area contributed by atoms with Gasteiger partial charge in [0.15, 0.2) is 12.4 Å². The van der Waals surface area contributed by atoms with E-state index in [2.05, 4.69) is 12.2 Å². The lowest BCUT2D eigenvalue weighted by molar-refractivity contribution is -0.686. The number of hydrogen-bond donors (Lipinski definition) is 1. The standard InChI is InChI=1S/C29H40N2O5/c1-3-5-6-7-8-9-10-11-12-13-19-36-24-16-14-15-23(20-24)29(34)26-17-18-31(22-27(32)35-4-2)21-25(26)28(33)30-29/h14-18,20-21H,3-13,19,22H2,1-2H3,(H,30,33). The average molecular weight is 497 g/mol. The molecule has 1 N–H and O–H groups in total. The average Bonchev–Trinajstić information content (AvgIpc) is 3.13. The molecule has 1 unspecified atom stereocenters. The van der Waals surface area contributed by atoms with Crippen molar-refractivity contribution < 1.29 is 28.7 Å². The maximum Gasteiger partial charge on any atom is 0.372 e. The SMILES string of the molecule is CCCCCCCCCCCCOc1cccc(C2([O-])NC(=O)c3c[n+](CC(=O)OCC)ccc32)c1. The van der Waals surface area contributed by atoms with Gasteiger partial charge in [-0.05, 0) is 36.6 Å². The Bertz CT molecular complexity index is 1010. The summed E-state index contributed by atoms with van der Waals surface area (Å²) in [4.78, 5) is 24.4. The number of hydrogen-bond acceptors (Lipinski definition) is 5. The second kappa shape index (κ2) is 14.0. The highest BCUT2D eigenvalue weighted by atomic mass is 16.5. The molecule has 0 aliphatic carbocycles. The van der Waals surface area contributed by atoms with Gasteiger partial charge in [-0.25, -0.2) is 4.79 Å². The molecular weight excluding hydrogens is 456 g/mol. The van der Waals surface area contributed by atoms with Crippen molar-refractivity contribution in [3.05, 3.63) is 59.4 Å². The zero-order valence-corrected chi connectivity index (χ0v) is 21.7. The van der Waals surface area contributed by atoms with Crippen LogP contribution in [0.1, 0.15) is 99.5 Å². The Balaban J connectivity index is 1.51. The highest BCUT2D eigenvalue weighted by Gasteiger charge is 2.37. The number of amides is 1. The first-order valence-corrected chi connectivity index (χ1v) is 13.4. The summed E-state index contributed by atoms with van der Waals surface area (Å²) in [6.45, 7) is 4.84. The van der Waals surface area contributed by atoms with Gasteiger partial charge in [-0.3, -0.25) is 4.79 Å². The number of ether oxygens (including phenoxy) is 2. The molecule has 0 saturated carbocycles. The Labute approximate surface area is 214 Å². The second-order valence-corrected chi connectivity index (χ2v) is 9.44. The fraction of sp³-hybridized carbons (Fsp3) is 0.552. The predicted octanol–water partition coefficient (Wildman–Crippen LogP) is 4.14. The predicted molar refractivity (Wildman–Crippen MR) is 135 cm³/mol. The van der Waals surface area contributed by atoms with Crippen LogP contribution in [0.5, 0.6) is 5.75 Å². The minimum absolute atomic E-state index is 0.0253. The van der Waals surface area contributed by atoms with Crippen LogP contribution in [-0.4, -0.2) is 25.1 Å². The van der Waals surface area contributed by atoms with E-state index in [1.807, 2.05) is 6.07 Å². The summed E-state index contributed by atoms with van der Waals surface area (Å²) in [5, 5.41) is 16.4. The second-order valence-electron chi connectivity index (χ2n) is 9.44. The molecule has 3 rings (SSSR count). The van der Waals surface area contributed by atoms with Gasteiger partial charge >= 0.3 is 5.97 Å². The Morgan fingerprint density at radius 3 is 2.39 bits per heavy atom. The molecule has 0 saturated heterocycles. The van der Waals surface area contributed by atoms with Crippen LogP contribution in [0.4, 0.5) is 0 Å². The molecule has 0 bridgehead atoms. The van der Waals surface area contributed by atoms with E-state index in [0.717, 1.165) is 12.8 Å². The minimum Gasteiger partial charge on any atom is -0.827 e. The van der Waals surface area contributed by atoms with Crippen molar-refractivity contribution in [2.45, 2.75) is 90.3 Å². The molecule has 2 aromatic rings. The van der Waals surface area contributed by atoms with E-state index in [1.165, 1.54) is 57.6 Å². The fourth-order valence-corrected chi connectivity index (χ4v) is 4.59. The number of pyridine rings is 1. The van der Waals surface area contributed by atoms with Crippen LogP contribution in [0.3, 0.4) is 0 Å². The van der Waals surface area contributed by atoms with Crippen molar-refractivity contribution in [1.29, 1.82) is 0 Å². The Morgan fingerprint density at radius 1 is 1.00 bits per heavy atom. The van der Waals surface area contributed by atoms with E-state index in [4.69, 9.17) is 9.47 Å². The summed E-state index contributed by atoms with van der Waals surface area (Å²) in [6, 6.07) is 8.61. The van der Waals surface area contributed by atoms with Crippen molar-refractivity contribution in [1.82, 2.24) is 5.32 Å². The van der Waals surface area contributed by atoms with Crippen molar-refractivity contribution in [3.8, 4) is 5.75 Å². The van der Waals surface area contributed by atoms with Gasteiger partial charge in [0.1, 0.15) is 11.3 Å². The van der Waals surface area contributed by atoms with Crippen LogP contribution in [-0.2, 0) is 21.8 Å². The molecule has 1 aromatic carbocycles. The third kappa shape index (κ3) is 7.53. The molecule has 0 radical (unpaired) electrons. The fourth-order valence-electron chi connectivity index (χ4n) is 4.59. The largest absolute Gasteiger partial charge is 0.827 e. The first-order chi connectivity index (χ1) is 17.5. The van der Waals surface area contributed by atoms with Gasteiger partial charge in [0.25, 0.3) is 5.91 Å². The highest BCUT2D eigenvalue weighted by molar-refractivity contribution is 5.99. The topological polar surface area (TPSA) is 91.6 Å². The Morgan fingerprint density at radius 2 is 1.69 bits per heavy atom. The van der Waals surface area contributed by atoms with Crippen LogP contribution < -0.4 is 19.7 Å². The van der Waals surface area contributed by atoms with Crippen LogP contribution in [0, 0.1) is 0 Å². The minimum atomic E-state index is -1.91. The number of rotatable bonds is 16. The van der Waals surface area contributed by atoms with Gasteiger partial charge in [0.05, 0.1) is 13.2 Å². The molecule has 1 aliphatic rings. The number of esters is 1. The van der Waals surface area contributed by atoms with Crippen LogP contribution >= 0.6 is 0 Å². The number of carbonyl (C=O) groups excluding carboxylic acids is 2. The van der Waals surface area contributed by atoms with Crippen molar-refractivity contribution in [3.63, 3.8) is 0 Å². The highest BCUT2D eigenvalue weighted by Crippen LogP contribution is 2.33. The molecule has 1 aromatic heterocycles. The first-order valence-electron chi connectivity index (χ1n) is 13.4. The molecule has 7 nitrogen and oxygen atoms in total. The zero-order chi connectivity index (χ0) is 25.8. The number of fused-ring (bicyclic) bond motifs is 1. The third-order valence-corrected chi connectivity index (χ3v) is 6.56. The van der Waals surface area contributed by atoms with E-state index < -0.39 is 17.6 Å². The first kappa shape index (κ1) is 27.7. The summed E-state index contributed by atoms with van der Waals surface area (Å²) in [5.41, 5.74) is -0.905. The normalized spacial score (nSPS) is 16.5. The smallest absolute Gasteiger partial charge is 0.372 e. The maximum atomic E-state index is 13.8. The quantitative estimate of drug-likeness (QED) is 0.214. The van der Waals surface area contributed by atoms with Crippen molar-refractivity contribution >= 4 is 11.9 Å². The number of aromatic nitrogens is 1. The number of benzene rings is 1. The molecule has 7 heteroatoms. The summed E-state index contributed by atoms with van der Waals surface area (Å²) in [6.07, 6.45) is 15.8. The van der Waals surface area contributed by atoms with Gasteiger partial charge in [-0.2, -0.15) is 4.57 Å². The maximum absolute atomic E-state index is 13.8. The van der Waals surface area contributed by atoms with Crippen molar-refractivity contribution in [2.75, 3.05) is 13.2 Å². The third-order valence-electron chi connectivity index (χ3n) is 6.56. The number of unbranched alkanes of at least 4 members (excludes halogenated alkanes) is 9. The zero-order valence-electron chi connectivity index (χ0n) is 21.7. The molecule has 1 amide bonds. The summed E-state index contributed by atoms with van der Waals surface area (Å²) in [7, 11) is 0. The molecule has 0 spiro atoms. The number of nitrogens with zero attached hydrogens (tertiary/aromatic N) is 1. The lowest BCUT2D eigenvalue weighted by Crippen LogP contribution is -2.51. The van der Waals surface area contributed by atoms with Gasteiger partial charge in [-0.15, -0.1) is 0 Å². The van der Waals surface area contributed by atoms with E-state index >= 15 is 0 Å². The molecule has 1 atom stereocenters. The Kier molecular flexibility index (Phi) is 10.7. The van der Waals surface area contributed by atoms with Crippen LogP contribution in [0.15, 0.2) is 42.7 Å². The number of nitrogens with one attached hydrogen (secondary N) is 1. The van der Waals surface area contributed by atoms with Gasteiger partial charge < -0.3 is 19.9 Å². The molecular formula is C29H40N2O5. The van der Waals surface area contributed by atoms with Crippen LogP contribution in [0.25, 0.3) is 0 Å². The monoisotopic (exact) mass is 496 g/mol. The molecule has 2 heterocycles. The number of carbonyl (C=O) groups is 2. The van der Waals surface area contributed by atoms with Gasteiger partial charge in [0, 0.05) is 11.8 Å². The Hall–Kier alpha value is -2.93. The summed E-state index contributed by atoms with van der Waals surface area (Å²) >= 11 is 0. The molecule has 1 aliphatic heterocycles. The molecule has 196 valence electrons. The van der Waals surface area contributed by atoms with E-state index in [1.54, 1.807) is 42.0 Å². The molecule has 0 fully saturated rings. The summed E-state index contributed by atoms with van der Waals surface area (Å²) < 4.78 is 12.4. The van der Waals surface area contributed by atoms with Crippen molar-refractivity contribution in [2.24, 2.45) is 0 Å². The lowest BCUT2D eigenvalue weighted by Gasteiger charge is -2.37. The van der Waals surface area contributed by atoms with E-state index in [-0.39, 0.29) is 18.7 Å². The van der Waals surface area contributed by atoms with E-state index in [9.17, 15) is 14.7 Å². The van der Waals surface area contributed by atoms with Gasteiger partial charge in [0.2, 0.25) is 6.54 Å². The lowest BCUT2D eigenvalue weighted by atomic mass is 9.95.